The first kappa shape index (κ1) is 11.0. The number of oxazole rings is 1. The fourth-order valence-corrected chi connectivity index (χ4v) is 1.72. The normalized spacial score (nSPS) is 11.0. The van der Waals surface area contributed by atoms with Crippen molar-refractivity contribution in [3.8, 4) is 17.0 Å². The van der Waals surface area contributed by atoms with Crippen LogP contribution in [0.25, 0.3) is 11.3 Å². The monoisotopic (exact) mass is 237 g/mol. The summed E-state index contributed by atoms with van der Waals surface area (Å²) >= 11 is 5.76. The van der Waals surface area contributed by atoms with Crippen LogP contribution in [-0.2, 0) is 0 Å². The molecule has 0 unspecified atom stereocenters. The molecule has 0 aliphatic rings. The van der Waals surface area contributed by atoms with Gasteiger partial charge in [0.1, 0.15) is 17.2 Å². The Balaban J connectivity index is 2.55. The molecule has 0 radical (unpaired) electrons. The van der Waals surface area contributed by atoms with Gasteiger partial charge in [-0.15, -0.1) is 0 Å². The van der Waals surface area contributed by atoms with Crippen molar-refractivity contribution in [2.24, 2.45) is 0 Å². The third-order valence-corrected chi connectivity index (χ3v) is 2.43. The van der Waals surface area contributed by atoms with Gasteiger partial charge in [-0.25, -0.2) is 0 Å². The van der Waals surface area contributed by atoms with Gasteiger partial charge in [0.25, 0.3) is 5.35 Å². The number of benzene rings is 1. The summed E-state index contributed by atoms with van der Waals surface area (Å²) in [5.41, 5.74) is 1.50. The minimum absolute atomic E-state index is 0.127. The van der Waals surface area contributed by atoms with Crippen molar-refractivity contribution in [1.29, 1.82) is 0 Å². The molecule has 3 nitrogen and oxygen atoms in total. The molecule has 0 spiro atoms. The molecular weight excluding hydrogens is 226 g/mol. The first-order chi connectivity index (χ1) is 7.58. The Morgan fingerprint density at radius 1 is 1.38 bits per heavy atom. The predicted molar refractivity (Wildman–Crippen MR) is 62.7 cm³/mol. The Hall–Kier alpha value is -1.48. The average Bonchev–Trinajstić information content (AvgIpc) is 2.60. The minimum Gasteiger partial charge on any atom is -0.508 e. The predicted octanol–water partition coefficient (Wildman–Crippen LogP) is 3.82. The summed E-state index contributed by atoms with van der Waals surface area (Å²) in [6, 6.07) is 6.87. The highest BCUT2D eigenvalue weighted by Crippen LogP contribution is 2.32. The number of phenols is 1. The standard InChI is InChI=1S/C12H12ClNO2/c1-7(2)11-10(14-12(13)16-11)8-4-3-5-9(15)6-8/h3-7,15H,1-2H3. The molecule has 84 valence electrons. The number of halogens is 1. The lowest BCUT2D eigenvalue weighted by atomic mass is 10.0. The number of hydrogen-bond donors (Lipinski definition) is 1. The van der Waals surface area contributed by atoms with Crippen molar-refractivity contribution < 1.29 is 9.52 Å². The van der Waals surface area contributed by atoms with Gasteiger partial charge in [-0.3, -0.25) is 0 Å². The Bertz CT molecular complexity index is 505. The topological polar surface area (TPSA) is 46.3 Å². The molecular formula is C12H12ClNO2. The van der Waals surface area contributed by atoms with Gasteiger partial charge in [-0.1, -0.05) is 26.0 Å². The molecule has 0 saturated heterocycles. The third kappa shape index (κ3) is 2.04. The summed E-state index contributed by atoms with van der Waals surface area (Å²) in [4.78, 5) is 4.13. The first-order valence-electron chi connectivity index (χ1n) is 5.03. The molecule has 4 heteroatoms. The number of aromatic nitrogens is 1. The Morgan fingerprint density at radius 3 is 2.75 bits per heavy atom. The second-order valence-corrected chi connectivity index (χ2v) is 4.21. The van der Waals surface area contributed by atoms with Crippen LogP contribution in [0.4, 0.5) is 0 Å². The number of rotatable bonds is 2. The number of nitrogens with zero attached hydrogens (tertiary/aromatic N) is 1. The molecule has 1 aromatic heterocycles. The maximum absolute atomic E-state index is 9.42. The maximum Gasteiger partial charge on any atom is 0.292 e. The van der Waals surface area contributed by atoms with Gasteiger partial charge in [0.2, 0.25) is 0 Å². The van der Waals surface area contributed by atoms with E-state index in [4.69, 9.17) is 16.0 Å². The summed E-state index contributed by atoms with van der Waals surface area (Å²) in [5, 5.41) is 9.55. The maximum atomic E-state index is 9.42. The van der Waals surface area contributed by atoms with Crippen LogP contribution in [0, 0.1) is 0 Å². The molecule has 16 heavy (non-hydrogen) atoms. The Morgan fingerprint density at radius 2 is 2.12 bits per heavy atom. The fraction of sp³-hybridized carbons (Fsp3) is 0.250. The zero-order chi connectivity index (χ0) is 11.7. The summed E-state index contributed by atoms with van der Waals surface area (Å²) in [5.74, 6) is 1.12. The summed E-state index contributed by atoms with van der Waals surface area (Å²) < 4.78 is 5.34. The summed E-state index contributed by atoms with van der Waals surface area (Å²) in [6.45, 7) is 4.01. The van der Waals surface area contributed by atoms with Gasteiger partial charge in [-0.2, -0.15) is 4.98 Å². The van der Waals surface area contributed by atoms with Crippen LogP contribution in [0.3, 0.4) is 0 Å². The van der Waals surface area contributed by atoms with E-state index in [0.29, 0.717) is 5.69 Å². The van der Waals surface area contributed by atoms with Crippen LogP contribution in [0.1, 0.15) is 25.5 Å². The lowest BCUT2D eigenvalue weighted by Crippen LogP contribution is -1.88. The molecule has 0 aliphatic carbocycles. The van der Waals surface area contributed by atoms with E-state index in [2.05, 4.69) is 4.98 Å². The van der Waals surface area contributed by atoms with E-state index in [-0.39, 0.29) is 17.0 Å². The first-order valence-corrected chi connectivity index (χ1v) is 5.41. The molecule has 0 bridgehead atoms. The molecule has 1 heterocycles. The highest BCUT2D eigenvalue weighted by Gasteiger charge is 2.16. The van der Waals surface area contributed by atoms with E-state index in [0.717, 1.165) is 11.3 Å². The van der Waals surface area contributed by atoms with Crippen molar-refractivity contribution in [3.63, 3.8) is 0 Å². The molecule has 0 amide bonds. The zero-order valence-corrected chi connectivity index (χ0v) is 9.82. The second-order valence-electron chi connectivity index (χ2n) is 3.88. The summed E-state index contributed by atoms with van der Waals surface area (Å²) in [6.07, 6.45) is 0. The molecule has 0 atom stereocenters. The lowest BCUT2D eigenvalue weighted by molar-refractivity contribution is 0.475. The van der Waals surface area contributed by atoms with Gasteiger partial charge >= 0.3 is 0 Å². The number of hydrogen-bond acceptors (Lipinski definition) is 3. The molecule has 0 saturated carbocycles. The van der Waals surface area contributed by atoms with Crippen LogP contribution in [0.5, 0.6) is 5.75 Å². The highest BCUT2D eigenvalue weighted by molar-refractivity contribution is 6.27. The van der Waals surface area contributed by atoms with Gasteiger partial charge < -0.3 is 9.52 Å². The molecule has 1 N–H and O–H groups in total. The van der Waals surface area contributed by atoms with Crippen molar-refractivity contribution in [1.82, 2.24) is 4.98 Å². The van der Waals surface area contributed by atoms with Crippen molar-refractivity contribution in [2.45, 2.75) is 19.8 Å². The summed E-state index contributed by atoms with van der Waals surface area (Å²) in [7, 11) is 0. The van der Waals surface area contributed by atoms with E-state index < -0.39 is 0 Å². The number of phenolic OH excluding ortho intramolecular Hbond substituents is 1. The lowest BCUT2D eigenvalue weighted by Gasteiger charge is -2.03. The molecule has 1 aromatic carbocycles. The molecule has 2 rings (SSSR count). The quantitative estimate of drug-likeness (QED) is 0.864. The van der Waals surface area contributed by atoms with Crippen LogP contribution in [-0.4, -0.2) is 10.1 Å². The SMILES string of the molecule is CC(C)c1oc(Cl)nc1-c1cccc(O)c1. The third-order valence-electron chi connectivity index (χ3n) is 2.27. The second kappa shape index (κ2) is 4.18. The van der Waals surface area contributed by atoms with E-state index >= 15 is 0 Å². The van der Waals surface area contributed by atoms with Crippen LogP contribution >= 0.6 is 11.6 Å². The van der Waals surface area contributed by atoms with E-state index in [9.17, 15) is 5.11 Å². The molecule has 0 aliphatic heterocycles. The van der Waals surface area contributed by atoms with Crippen LogP contribution < -0.4 is 0 Å². The molecule has 2 aromatic rings. The largest absolute Gasteiger partial charge is 0.508 e. The van der Waals surface area contributed by atoms with Gasteiger partial charge in [0.15, 0.2) is 0 Å². The zero-order valence-electron chi connectivity index (χ0n) is 9.07. The van der Waals surface area contributed by atoms with Crippen molar-refractivity contribution in [2.75, 3.05) is 0 Å². The van der Waals surface area contributed by atoms with Crippen LogP contribution in [0.15, 0.2) is 28.7 Å². The van der Waals surface area contributed by atoms with Crippen molar-refractivity contribution >= 4 is 11.6 Å². The fourth-order valence-electron chi connectivity index (χ4n) is 1.56. The van der Waals surface area contributed by atoms with E-state index in [1.807, 2.05) is 19.9 Å². The van der Waals surface area contributed by atoms with Gasteiger partial charge in [0.05, 0.1) is 0 Å². The Kier molecular flexibility index (Phi) is 2.88. The minimum atomic E-state index is 0.127. The molecule has 0 fully saturated rings. The highest BCUT2D eigenvalue weighted by atomic mass is 35.5. The van der Waals surface area contributed by atoms with Crippen LogP contribution in [0.2, 0.25) is 5.35 Å². The van der Waals surface area contributed by atoms with Crippen molar-refractivity contribution in [3.05, 3.63) is 35.4 Å². The van der Waals surface area contributed by atoms with E-state index in [1.165, 1.54) is 0 Å². The van der Waals surface area contributed by atoms with Gasteiger partial charge in [0, 0.05) is 11.5 Å². The Labute approximate surface area is 98.7 Å². The number of aromatic hydroxyl groups is 1. The average molecular weight is 238 g/mol. The van der Waals surface area contributed by atoms with Gasteiger partial charge in [-0.05, 0) is 23.7 Å². The smallest absolute Gasteiger partial charge is 0.292 e. The van der Waals surface area contributed by atoms with E-state index in [1.54, 1.807) is 18.2 Å².